The van der Waals surface area contributed by atoms with Crippen LogP contribution in [0.3, 0.4) is 0 Å². The van der Waals surface area contributed by atoms with E-state index in [1.165, 1.54) is 60.5 Å². The Kier molecular flexibility index (Phi) is 11.0. The molecule has 1 atom stereocenters. The monoisotopic (exact) mass is 637 g/mol. The fraction of sp³-hybridized carbons (Fsp3) is 0.212. The summed E-state index contributed by atoms with van der Waals surface area (Å²) in [6, 6.07) is 26.0. The lowest BCUT2D eigenvalue weighted by atomic mass is 10.0. The van der Waals surface area contributed by atoms with Gasteiger partial charge in [-0.1, -0.05) is 78.3 Å². The maximum absolute atomic E-state index is 15.0. The quantitative estimate of drug-likeness (QED) is 0.210. The van der Waals surface area contributed by atoms with E-state index in [4.69, 9.17) is 16.3 Å². The number of carbonyl (C=O) groups is 2. The van der Waals surface area contributed by atoms with E-state index in [0.29, 0.717) is 6.54 Å². The molecule has 1 N–H and O–H groups in total. The van der Waals surface area contributed by atoms with E-state index in [0.717, 1.165) is 9.87 Å². The van der Waals surface area contributed by atoms with Gasteiger partial charge in [-0.25, -0.2) is 12.8 Å². The van der Waals surface area contributed by atoms with Gasteiger partial charge in [0.15, 0.2) is 0 Å². The fourth-order valence-corrected chi connectivity index (χ4v) is 6.35. The van der Waals surface area contributed by atoms with Crippen LogP contribution in [0, 0.1) is 5.82 Å². The van der Waals surface area contributed by atoms with Gasteiger partial charge in [0.05, 0.1) is 17.7 Å². The molecular weight excluding hydrogens is 605 g/mol. The molecule has 44 heavy (non-hydrogen) atoms. The van der Waals surface area contributed by atoms with Crippen LogP contribution in [0.5, 0.6) is 5.75 Å². The minimum Gasteiger partial charge on any atom is -0.495 e. The number of amides is 2. The molecule has 0 heterocycles. The summed E-state index contributed by atoms with van der Waals surface area (Å²) in [7, 11) is -2.98. The summed E-state index contributed by atoms with van der Waals surface area (Å²) < 4.78 is 49.5. The molecule has 0 bridgehead atoms. The Morgan fingerprint density at radius 3 is 2.20 bits per heavy atom. The summed E-state index contributed by atoms with van der Waals surface area (Å²) in [5.41, 5.74) is 0.960. The third-order valence-electron chi connectivity index (χ3n) is 6.94. The van der Waals surface area contributed by atoms with Gasteiger partial charge in [0.25, 0.3) is 10.0 Å². The molecule has 230 valence electrons. The summed E-state index contributed by atoms with van der Waals surface area (Å²) in [6.07, 6.45) is 0.110. The van der Waals surface area contributed by atoms with Crippen LogP contribution in [0.2, 0.25) is 5.02 Å². The molecule has 4 rings (SSSR count). The summed E-state index contributed by atoms with van der Waals surface area (Å²) in [5.74, 6) is -1.60. The highest BCUT2D eigenvalue weighted by atomic mass is 35.5. The lowest BCUT2D eigenvalue weighted by Crippen LogP contribution is -2.53. The third-order valence-corrected chi connectivity index (χ3v) is 8.95. The fourth-order valence-electron chi connectivity index (χ4n) is 4.75. The van der Waals surface area contributed by atoms with Crippen molar-refractivity contribution in [3.63, 3.8) is 0 Å². The molecule has 0 aliphatic heterocycles. The molecule has 0 radical (unpaired) electrons. The van der Waals surface area contributed by atoms with Gasteiger partial charge in [-0.3, -0.25) is 13.9 Å². The first-order valence-corrected chi connectivity index (χ1v) is 15.7. The zero-order chi connectivity index (χ0) is 31.7. The van der Waals surface area contributed by atoms with Crippen molar-refractivity contribution in [2.45, 2.75) is 30.8 Å². The number of nitrogens with one attached hydrogen (secondary N) is 1. The molecule has 0 saturated heterocycles. The minimum absolute atomic E-state index is 0.0284. The molecule has 0 aliphatic rings. The lowest BCUT2D eigenvalue weighted by molar-refractivity contribution is -0.140. The number of sulfonamides is 1. The number of ether oxygens (including phenoxy) is 1. The highest BCUT2D eigenvalue weighted by Gasteiger charge is 2.35. The number of carbonyl (C=O) groups excluding carboxylic acids is 2. The number of methoxy groups -OCH3 is 1. The number of anilines is 1. The van der Waals surface area contributed by atoms with Gasteiger partial charge in [-0.2, -0.15) is 0 Å². The van der Waals surface area contributed by atoms with Crippen molar-refractivity contribution in [3.05, 3.63) is 125 Å². The largest absolute Gasteiger partial charge is 0.495 e. The Morgan fingerprint density at radius 2 is 1.57 bits per heavy atom. The minimum atomic E-state index is -4.36. The van der Waals surface area contributed by atoms with Crippen LogP contribution in [0.4, 0.5) is 10.1 Å². The second kappa shape index (κ2) is 14.9. The van der Waals surface area contributed by atoms with E-state index in [1.807, 2.05) is 30.3 Å². The highest BCUT2D eigenvalue weighted by Crippen LogP contribution is 2.35. The normalized spacial score (nSPS) is 11.8. The second-order valence-electron chi connectivity index (χ2n) is 9.85. The van der Waals surface area contributed by atoms with Crippen molar-refractivity contribution in [3.8, 4) is 5.75 Å². The van der Waals surface area contributed by atoms with Crippen LogP contribution >= 0.6 is 11.6 Å². The van der Waals surface area contributed by atoms with E-state index < -0.39 is 40.2 Å². The summed E-state index contributed by atoms with van der Waals surface area (Å²) in [6.45, 7) is 1.03. The Balaban J connectivity index is 1.85. The molecule has 0 unspecified atom stereocenters. The smallest absolute Gasteiger partial charge is 0.264 e. The van der Waals surface area contributed by atoms with Gasteiger partial charge in [0.1, 0.15) is 24.2 Å². The Bertz CT molecular complexity index is 1690. The van der Waals surface area contributed by atoms with Crippen molar-refractivity contribution in [1.82, 2.24) is 10.2 Å². The maximum atomic E-state index is 15.0. The van der Waals surface area contributed by atoms with Gasteiger partial charge in [-0.05, 0) is 48.9 Å². The molecule has 0 saturated carbocycles. The molecule has 4 aromatic carbocycles. The summed E-state index contributed by atoms with van der Waals surface area (Å²) >= 11 is 6.29. The Morgan fingerprint density at radius 1 is 0.932 bits per heavy atom. The number of hydrogen-bond donors (Lipinski definition) is 1. The molecular formula is C33H33ClFN3O5S. The van der Waals surface area contributed by atoms with Gasteiger partial charge < -0.3 is 15.0 Å². The highest BCUT2D eigenvalue weighted by molar-refractivity contribution is 7.92. The van der Waals surface area contributed by atoms with Crippen LogP contribution in [-0.2, 0) is 32.6 Å². The topological polar surface area (TPSA) is 96.0 Å². The number of rotatable bonds is 13. The Hall–Kier alpha value is -4.41. The van der Waals surface area contributed by atoms with E-state index in [-0.39, 0.29) is 39.9 Å². The zero-order valence-corrected chi connectivity index (χ0v) is 25.9. The molecule has 0 spiro atoms. The number of nitrogens with zero attached hydrogens (tertiary/aromatic N) is 2. The first-order chi connectivity index (χ1) is 21.1. The van der Waals surface area contributed by atoms with Gasteiger partial charge >= 0.3 is 0 Å². The van der Waals surface area contributed by atoms with Crippen LogP contribution in [0.25, 0.3) is 0 Å². The Labute approximate surface area is 262 Å². The molecule has 11 heteroatoms. The van der Waals surface area contributed by atoms with Crippen molar-refractivity contribution in [2.24, 2.45) is 0 Å². The van der Waals surface area contributed by atoms with Crippen LogP contribution in [0.15, 0.2) is 108 Å². The van der Waals surface area contributed by atoms with Crippen molar-refractivity contribution < 1.29 is 27.1 Å². The molecule has 0 fully saturated rings. The first-order valence-electron chi connectivity index (χ1n) is 13.9. The molecule has 8 nitrogen and oxygen atoms in total. The molecule has 4 aromatic rings. The predicted octanol–water partition coefficient (Wildman–Crippen LogP) is 5.46. The van der Waals surface area contributed by atoms with Gasteiger partial charge in [0, 0.05) is 30.1 Å². The zero-order valence-electron chi connectivity index (χ0n) is 24.3. The molecule has 2 amide bonds. The van der Waals surface area contributed by atoms with Crippen molar-refractivity contribution in [1.29, 1.82) is 0 Å². The van der Waals surface area contributed by atoms with E-state index in [1.54, 1.807) is 31.2 Å². The summed E-state index contributed by atoms with van der Waals surface area (Å²) in [4.78, 5) is 29.1. The number of benzene rings is 4. The average molecular weight is 638 g/mol. The van der Waals surface area contributed by atoms with Crippen LogP contribution in [0.1, 0.15) is 18.1 Å². The number of hydrogen-bond acceptors (Lipinski definition) is 5. The number of halogens is 2. The van der Waals surface area contributed by atoms with E-state index in [9.17, 15) is 22.4 Å². The number of likely N-dealkylation sites (N-methyl/N-ethyl adjacent to an activating group) is 1. The summed E-state index contributed by atoms with van der Waals surface area (Å²) in [5, 5.41) is 2.99. The van der Waals surface area contributed by atoms with Crippen molar-refractivity contribution in [2.75, 3.05) is 24.5 Å². The standard InChI is InChI=1S/C33H33ClFN3O5S/c1-3-36-33(40)30(20-24-12-6-4-7-13-24)37(22-25-14-10-11-17-28(25)35)32(39)23-38(29-21-26(34)18-19-31(29)43-2)44(41,42)27-15-8-5-9-16-27/h4-19,21,30H,3,20,22-23H2,1-2H3,(H,36,40)/t30-/m0/s1. The van der Waals surface area contributed by atoms with E-state index >= 15 is 0 Å². The lowest BCUT2D eigenvalue weighted by Gasteiger charge is -2.34. The SMILES string of the molecule is CCNC(=O)[C@H](Cc1ccccc1)N(Cc1ccccc1F)C(=O)CN(c1cc(Cl)ccc1OC)S(=O)(=O)c1ccccc1. The van der Waals surface area contributed by atoms with Gasteiger partial charge in [-0.15, -0.1) is 0 Å². The third kappa shape index (κ3) is 7.75. The molecule has 0 aromatic heterocycles. The van der Waals surface area contributed by atoms with E-state index in [2.05, 4.69) is 5.32 Å². The van der Waals surface area contributed by atoms with Gasteiger partial charge in [0.2, 0.25) is 11.8 Å². The second-order valence-corrected chi connectivity index (χ2v) is 12.2. The van der Waals surface area contributed by atoms with Crippen molar-refractivity contribution >= 4 is 39.1 Å². The molecule has 0 aliphatic carbocycles. The first kappa shape index (κ1) is 32.5. The predicted molar refractivity (Wildman–Crippen MR) is 169 cm³/mol. The van der Waals surface area contributed by atoms with Crippen LogP contribution in [-0.4, -0.2) is 51.4 Å². The average Bonchev–Trinajstić information content (AvgIpc) is 3.03. The maximum Gasteiger partial charge on any atom is 0.264 e. The van der Waals surface area contributed by atoms with Crippen LogP contribution < -0.4 is 14.4 Å².